The summed E-state index contributed by atoms with van der Waals surface area (Å²) in [5.41, 5.74) is 11.3. The molecule has 1 aliphatic rings. The number of nitrogen functional groups attached to an aromatic ring is 1. The van der Waals surface area contributed by atoms with Gasteiger partial charge in [0, 0.05) is 11.3 Å². The maximum absolute atomic E-state index is 12.7. The van der Waals surface area contributed by atoms with E-state index in [0.717, 1.165) is 28.7 Å². The molecule has 2 unspecified atom stereocenters. The number of nitrogens with one attached hydrogen (secondary N) is 1. The van der Waals surface area contributed by atoms with Crippen LogP contribution in [0.3, 0.4) is 0 Å². The van der Waals surface area contributed by atoms with E-state index in [9.17, 15) is 9.90 Å². The Morgan fingerprint density at radius 3 is 2.41 bits per heavy atom. The molecule has 0 aromatic heterocycles. The number of amides is 1. The molecule has 0 saturated carbocycles. The van der Waals surface area contributed by atoms with Gasteiger partial charge in [-0.3, -0.25) is 4.79 Å². The number of aliphatic hydroxyl groups excluding tert-OH is 1. The van der Waals surface area contributed by atoms with Gasteiger partial charge in [-0.1, -0.05) is 48.5 Å². The van der Waals surface area contributed by atoms with Crippen LogP contribution in [0.1, 0.15) is 33.9 Å². The lowest BCUT2D eigenvalue weighted by Crippen LogP contribution is -2.39. The Balaban J connectivity index is 1.55. The van der Waals surface area contributed by atoms with Crippen LogP contribution in [-0.4, -0.2) is 17.1 Å². The van der Waals surface area contributed by atoms with Gasteiger partial charge in [-0.25, -0.2) is 0 Å². The molecule has 1 amide bonds. The molecule has 0 spiro atoms. The van der Waals surface area contributed by atoms with E-state index in [4.69, 9.17) is 5.73 Å². The van der Waals surface area contributed by atoms with Crippen molar-refractivity contribution >= 4 is 11.6 Å². The molecule has 27 heavy (non-hydrogen) atoms. The first-order valence-corrected chi connectivity index (χ1v) is 9.14. The maximum atomic E-state index is 12.7. The van der Waals surface area contributed by atoms with E-state index in [0.29, 0.717) is 17.7 Å². The highest BCUT2D eigenvalue weighted by Gasteiger charge is 2.29. The zero-order chi connectivity index (χ0) is 18.8. The van der Waals surface area contributed by atoms with E-state index in [1.165, 1.54) is 0 Å². The standard InChI is InChI=1S/C23H22N2O2/c24-19-12-10-17-11-13-21(26)22(20(17)14-19)25-23(27)18-8-6-16(7-9-18)15-4-2-1-3-5-15/h1-10,12,14,21-22,26H,11,13,24H2,(H,25,27). The smallest absolute Gasteiger partial charge is 0.251 e. The molecule has 0 saturated heterocycles. The number of benzene rings is 3. The van der Waals surface area contributed by atoms with Gasteiger partial charge < -0.3 is 16.2 Å². The molecule has 0 heterocycles. The van der Waals surface area contributed by atoms with Gasteiger partial charge in [0.2, 0.25) is 0 Å². The third-order valence-electron chi connectivity index (χ3n) is 5.14. The van der Waals surface area contributed by atoms with Crippen molar-refractivity contribution in [3.05, 3.63) is 89.5 Å². The molecule has 4 rings (SSSR count). The van der Waals surface area contributed by atoms with Crippen LogP contribution in [0.25, 0.3) is 11.1 Å². The van der Waals surface area contributed by atoms with E-state index in [-0.39, 0.29) is 5.91 Å². The van der Waals surface area contributed by atoms with Crippen LogP contribution in [0, 0.1) is 0 Å². The number of aryl methyl sites for hydroxylation is 1. The van der Waals surface area contributed by atoms with Crippen molar-refractivity contribution in [3.8, 4) is 11.1 Å². The summed E-state index contributed by atoms with van der Waals surface area (Å²) in [4.78, 5) is 12.7. The molecular weight excluding hydrogens is 336 g/mol. The van der Waals surface area contributed by atoms with Crippen LogP contribution in [0.4, 0.5) is 5.69 Å². The molecule has 0 aliphatic heterocycles. The lowest BCUT2D eigenvalue weighted by molar-refractivity contribution is 0.0792. The van der Waals surface area contributed by atoms with Crippen LogP contribution in [0.2, 0.25) is 0 Å². The summed E-state index contributed by atoms with van der Waals surface area (Å²) < 4.78 is 0. The van der Waals surface area contributed by atoms with Crippen molar-refractivity contribution in [3.63, 3.8) is 0 Å². The van der Waals surface area contributed by atoms with Crippen molar-refractivity contribution in [1.29, 1.82) is 0 Å². The largest absolute Gasteiger partial charge is 0.399 e. The average Bonchev–Trinajstić information content (AvgIpc) is 2.71. The van der Waals surface area contributed by atoms with Crippen LogP contribution in [0.15, 0.2) is 72.8 Å². The fourth-order valence-electron chi connectivity index (χ4n) is 3.65. The molecule has 3 aromatic rings. The fraction of sp³-hybridized carbons (Fsp3) is 0.174. The molecule has 0 fully saturated rings. The van der Waals surface area contributed by atoms with Gasteiger partial charge in [0.1, 0.15) is 0 Å². The van der Waals surface area contributed by atoms with E-state index in [1.54, 1.807) is 0 Å². The molecule has 136 valence electrons. The summed E-state index contributed by atoms with van der Waals surface area (Å²) in [6.07, 6.45) is 0.788. The highest BCUT2D eigenvalue weighted by Crippen LogP contribution is 2.32. The highest BCUT2D eigenvalue weighted by molar-refractivity contribution is 5.95. The Morgan fingerprint density at radius 2 is 1.67 bits per heavy atom. The van der Waals surface area contributed by atoms with Crippen molar-refractivity contribution < 1.29 is 9.90 Å². The predicted molar refractivity (Wildman–Crippen MR) is 107 cm³/mol. The first-order valence-electron chi connectivity index (χ1n) is 9.14. The number of carbonyl (C=O) groups is 1. The second kappa shape index (κ2) is 7.25. The number of hydrogen-bond donors (Lipinski definition) is 3. The van der Waals surface area contributed by atoms with Crippen molar-refractivity contribution in [2.75, 3.05) is 5.73 Å². The molecule has 4 heteroatoms. The number of rotatable bonds is 3. The summed E-state index contributed by atoms with van der Waals surface area (Å²) in [6.45, 7) is 0. The lowest BCUT2D eigenvalue weighted by Gasteiger charge is -2.31. The first-order chi connectivity index (χ1) is 13.1. The van der Waals surface area contributed by atoms with Crippen molar-refractivity contribution in [2.45, 2.75) is 25.0 Å². The zero-order valence-corrected chi connectivity index (χ0v) is 14.9. The van der Waals surface area contributed by atoms with Gasteiger partial charge in [-0.2, -0.15) is 0 Å². The molecule has 4 nitrogen and oxygen atoms in total. The normalized spacial score (nSPS) is 18.6. The van der Waals surface area contributed by atoms with Gasteiger partial charge in [0.05, 0.1) is 12.1 Å². The van der Waals surface area contributed by atoms with Crippen molar-refractivity contribution in [2.24, 2.45) is 0 Å². The zero-order valence-electron chi connectivity index (χ0n) is 14.9. The Kier molecular flexibility index (Phi) is 4.65. The number of hydrogen-bond acceptors (Lipinski definition) is 3. The number of aliphatic hydroxyl groups is 1. The van der Waals surface area contributed by atoms with Gasteiger partial charge in [-0.05, 0) is 59.4 Å². The maximum Gasteiger partial charge on any atom is 0.251 e. The van der Waals surface area contributed by atoms with Crippen molar-refractivity contribution in [1.82, 2.24) is 5.32 Å². The Labute approximate surface area is 158 Å². The van der Waals surface area contributed by atoms with Crippen LogP contribution in [0.5, 0.6) is 0 Å². The fourth-order valence-corrected chi connectivity index (χ4v) is 3.65. The van der Waals surface area contributed by atoms with E-state index in [1.807, 2.05) is 72.8 Å². The summed E-state index contributed by atoms with van der Waals surface area (Å²) in [6, 6.07) is 22.8. The van der Waals surface area contributed by atoms with E-state index >= 15 is 0 Å². The molecule has 0 radical (unpaired) electrons. The first kappa shape index (κ1) is 17.3. The third kappa shape index (κ3) is 3.57. The Morgan fingerprint density at radius 1 is 0.963 bits per heavy atom. The monoisotopic (exact) mass is 358 g/mol. The molecular formula is C23H22N2O2. The van der Waals surface area contributed by atoms with Gasteiger partial charge in [-0.15, -0.1) is 0 Å². The molecule has 4 N–H and O–H groups in total. The molecule has 0 bridgehead atoms. The summed E-state index contributed by atoms with van der Waals surface area (Å²) >= 11 is 0. The molecule has 3 aromatic carbocycles. The number of carbonyl (C=O) groups excluding carboxylic acids is 1. The Hall–Kier alpha value is -3.11. The quantitative estimate of drug-likeness (QED) is 0.625. The second-order valence-electron chi connectivity index (χ2n) is 6.96. The van der Waals surface area contributed by atoms with Gasteiger partial charge in [0.15, 0.2) is 0 Å². The lowest BCUT2D eigenvalue weighted by atomic mass is 9.85. The third-order valence-corrected chi connectivity index (χ3v) is 5.14. The van der Waals surface area contributed by atoms with Crippen LogP contribution >= 0.6 is 0 Å². The minimum Gasteiger partial charge on any atom is -0.399 e. The summed E-state index contributed by atoms with van der Waals surface area (Å²) in [7, 11) is 0. The van der Waals surface area contributed by atoms with Crippen LogP contribution < -0.4 is 11.1 Å². The minimum absolute atomic E-state index is 0.200. The molecule has 1 aliphatic carbocycles. The summed E-state index contributed by atoms with van der Waals surface area (Å²) in [5, 5.41) is 13.4. The van der Waals surface area contributed by atoms with Gasteiger partial charge >= 0.3 is 0 Å². The van der Waals surface area contributed by atoms with Gasteiger partial charge in [0.25, 0.3) is 5.91 Å². The topological polar surface area (TPSA) is 75.3 Å². The van der Waals surface area contributed by atoms with E-state index in [2.05, 4.69) is 5.32 Å². The van der Waals surface area contributed by atoms with Crippen LogP contribution in [-0.2, 0) is 6.42 Å². The average molecular weight is 358 g/mol. The molecule has 2 atom stereocenters. The SMILES string of the molecule is Nc1ccc2c(c1)C(NC(=O)c1ccc(-c3ccccc3)cc1)C(O)CC2. The second-order valence-corrected chi connectivity index (χ2v) is 6.96. The summed E-state index contributed by atoms with van der Waals surface area (Å²) in [5.74, 6) is -0.200. The number of nitrogens with two attached hydrogens (primary N) is 1. The van der Waals surface area contributed by atoms with E-state index < -0.39 is 12.1 Å². The predicted octanol–water partition coefficient (Wildman–Crippen LogP) is 3.71. The number of fused-ring (bicyclic) bond motifs is 1. The minimum atomic E-state index is -0.619. The Bertz CT molecular complexity index is 952. The highest BCUT2D eigenvalue weighted by atomic mass is 16.3. The number of anilines is 1.